The topological polar surface area (TPSA) is 39.9 Å². The Morgan fingerprint density at radius 1 is 0.657 bits per heavy atom. The molecule has 0 N–H and O–H groups in total. The monoisotopic (exact) mass is 455 g/mol. The van der Waals surface area contributed by atoms with E-state index in [-0.39, 0.29) is 0 Å². The quantitative estimate of drug-likeness (QED) is 0.263. The van der Waals surface area contributed by atoms with Gasteiger partial charge in [0, 0.05) is 29.2 Å². The van der Waals surface area contributed by atoms with Crippen LogP contribution in [-0.2, 0) is 0 Å². The van der Waals surface area contributed by atoms with Crippen molar-refractivity contribution in [1.29, 1.82) is 0 Å². The minimum absolute atomic E-state index is 0.433. The van der Waals surface area contributed by atoms with Gasteiger partial charge in [-0.05, 0) is 65.1 Å². The molecule has 35 heavy (non-hydrogen) atoms. The first-order chi connectivity index (χ1) is 17.2. The van der Waals surface area contributed by atoms with Crippen molar-refractivity contribution in [2.75, 3.05) is 0 Å². The van der Waals surface area contributed by atoms with Gasteiger partial charge in [0.05, 0.1) is 11.0 Å². The smallest absolute Gasteiger partial charge is 0.219 e. The van der Waals surface area contributed by atoms with Crippen molar-refractivity contribution in [2.45, 2.75) is 19.8 Å². The van der Waals surface area contributed by atoms with Crippen molar-refractivity contribution in [2.24, 2.45) is 0 Å². The summed E-state index contributed by atoms with van der Waals surface area (Å²) >= 11 is 0. The predicted molar refractivity (Wildman–Crippen MR) is 142 cm³/mol. The first-order valence-electron chi connectivity index (χ1n) is 11.9. The Morgan fingerprint density at radius 2 is 1.49 bits per heavy atom. The lowest BCUT2D eigenvalue weighted by Gasteiger charge is -2.11. The van der Waals surface area contributed by atoms with E-state index < -0.39 is 0 Å². The van der Waals surface area contributed by atoms with Gasteiger partial charge in [0.15, 0.2) is 0 Å². The van der Waals surface area contributed by atoms with Crippen LogP contribution in [0.1, 0.15) is 25.3 Å². The number of rotatable bonds is 5. The van der Waals surface area contributed by atoms with E-state index in [0.717, 1.165) is 33.7 Å². The van der Waals surface area contributed by atoms with Gasteiger partial charge in [-0.2, -0.15) is 0 Å². The third-order valence-electron chi connectivity index (χ3n) is 6.37. The molecule has 0 bridgehead atoms. The second kappa shape index (κ2) is 8.73. The van der Waals surface area contributed by atoms with E-state index in [1.807, 2.05) is 36.5 Å². The molecular formula is C31H25N3O. The summed E-state index contributed by atoms with van der Waals surface area (Å²) in [6.45, 7) is 4.42. The van der Waals surface area contributed by atoms with Crippen LogP contribution in [0.4, 0.5) is 0 Å². The van der Waals surface area contributed by atoms with Crippen LogP contribution in [0.5, 0.6) is 11.6 Å². The summed E-state index contributed by atoms with van der Waals surface area (Å²) in [4.78, 5) is 9.04. The fraction of sp³-hybridized carbons (Fsp3) is 0.0968. The SMILES string of the molecule is CC(C)c1ccnc(-n2c3ccccc3c3ccc(-c4cccc(Oc5ccccn5)c4)cc32)c1. The summed E-state index contributed by atoms with van der Waals surface area (Å²) in [5.74, 6) is 2.71. The van der Waals surface area contributed by atoms with Crippen molar-refractivity contribution in [3.8, 4) is 28.6 Å². The van der Waals surface area contributed by atoms with Crippen LogP contribution in [0, 0.1) is 0 Å². The lowest BCUT2D eigenvalue weighted by molar-refractivity contribution is 0.463. The third-order valence-corrected chi connectivity index (χ3v) is 6.37. The molecule has 6 aromatic rings. The highest BCUT2D eigenvalue weighted by Gasteiger charge is 2.15. The van der Waals surface area contributed by atoms with Gasteiger partial charge in [-0.25, -0.2) is 9.97 Å². The van der Waals surface area contributed by atoms with Crippen molar-refractivity contribution in [1.82, 2.24) is 14.5 Å². The van der Waals surface area contributed by atoms with Crippen LogP contribution in [0.3, 0.4) is 0 Å². The van der Waals surface area contributed by atoms with Gasteiger partial charge in [0.2, 0.25) is 5.88 Å². The summed E-state index contributed by atoms with van der Waals surface area (Å²) < 4.78 is 8.25. The summed E-state index contributed by atoms with van der Waals surface area (Å²) in [7, 11) is 0. The highest BCUT2D eigenvalue weighted by molar-refractivity contribution is 6.10. The molecule has 0 radical (unpaired) electrons. The van der Waals surface area contributed by atoms with E-state index in [1.54, 1.807) is 6.20 Å². The maximum Gasteiger partial charge on any atom is 0.219 e. The Bertz CT molecular complexity index is 1650. The highest BCUT2D eigenvalue weighted by Crippen LogP contribution is 2.35. The van der Waals surface area contributed by atoms with Gasteiger partial charge in [0.25, 0.3) is 0 Å². The van der Waals surface area contributed by atoms with Crippen LogP contribution in [-0.4, -0.2) is 14.5 Å². The summed E-state index contributed by atoms with van der Waals surface area (Å²) in [6.07, 6.45) is 3.64. The van der Waals surface area contributed by atoms with Crippen molar-refractivity contribution >= 4 is 21.8 Å². The number of benzene rings is 3. The Morgan fingerprint density at radius 3 is 2.34 bits per heavy atom. The van der Waals surface area contributed by atoms with E-state index in [0.29, 0.717) is 11.8 Å². The summed E-state index contributed by atoms with van der Waals surface area (Å²) in [6, 6.07) is 33.2. The molecule has 3 heterocycles. The van der Waals surface area contributed by atoms with Crippen molar-refractivity contribution < 1.29 is 4.74 Å². The molecule has 0 saturated heterocycles. The zero-order chi connectivity index (χ0) is 23.8. The highest BCUT2D eigenvalue weighted by atomic mass is 16.5. The van der Waals surface area contributed by atoms with Crippen molar-refractivity contribution in [3.05, 3.63) is 115 Å². The Kier molecular flexibility index (Phi) is 5.27. The number of nitrogens with zero attached hydrogens (tertiary/aromatic N) is 3. The number of pyridine rings is 2. The van der Waals surface area contributed by atoms with Crippen LogP contribution in [0.25, 0.3) is 38.8 Å². The Balaban J connectivity index is 1.51. The average molecular weight is 456 g/mol. The number of hydrogen-bond donors (Lipinski definition) is 0. The van der Waals surface area contributed by atoms with Gasteiger partial charge in [-0.15, -0.1) is 0 Å². The minimum atomic E-state index is 0.433. The molecular weight excluding hydrogens is 430 g/mol. The van der Waals surface area contributed by atoms with E-state index in [4.69, 9.17) is 9.72 Å². The van der Waals surface area contributed by atoms with Crippen LogP contribution in [0.15, 0.2) is 109 Å². The Labute approximate surface area is 204 Å². The van der Waals surface area contributed by atoms with E-state index in [2.05, 4.69) is 90.1 Å². The molecule has 170 valence electrons. The van der Waals surface area contributed by atoms with Gasteiger partial charge < -0.3 is 4.74 Å². The molecule has 0 aliphatic carbocycles. The molecule has 0 aliphatic heterocycles. The molecule has 0 fully saturated rings. The standard InChI is InChI=1S/C31H25N3O/c1-21(2)22-15-17-32-30(20-22)34-28-11-4-3-10-26(28)27-14-13-24(19-29(27)34)23-8-7-9-25(18-23)35-31-12-5-6-16-33-31/h3-21H,1-2H3. The maximum atomic E-state index is 5.98. The molecule has 0 unspecified atom stereocenters. The molecule has 0 saturated carbocycles. The molecule has 0 atom stereocenters. The molecule has 6 rings (SSSR count). The van der Waals surface area contributed by atoms with E-state index in [9.17, 15) is 0 Å². The van der Waals surface area contributed by atoms with Crippen LogP contribution < -0.4 is 4.74 Å². The molecule has 3 aromatic carbocycles. The third kappa shape index (κ3) is 3.93. The Hall–Kier alpha value is -4.44. The summed E-state index contributed by atoms with van der Waals surface area (Å²) in [5, 5.41) is 2.43. The minimum Gasteiger partial charge on any atom is -0.439 e. The maximum absolute atomic E-state index is 5.98. The van der Waals surface area contributed by atoms with Gasteiger partial charge in [-0.1, -0.05) is 62.4 Å². The van der Waals surface area contributed by atoms with E-state index >= 15 is 0 Å². The van der Waals surface area contributed by atoms with Crippen LogP contribution in [0.2, 0.25) is 0 Å². The molecule has 4 heteroatoms. The molecule has 0 amide bonds. The first-order valence-corrected chi connectivity index (χ1v) is 11.9. The zero-order valence-corrected chi connectivity index (χ0v) is 19.7. The molecule has 0 spiro atoms. The largest absolute Gasteiger partial charge is 0.439 e. The summed E-state index contributed by atoms with van der Waals surface area (Å²) in [5.41, 5.74) is 5.76. The average Bonchev–Trinajstić information content (AvgIpc) is 3.23. The number of para-hydroxylation sites is 1. The van der Waals surface area contributed by atoms with Gasteiger partial charge >= 0.3 is 0 Å². The van der Waals surface area contributed by atoms with Crippen LogP contribution >= 0.6 is 0 Å². The van der Waals surface area contributed by atoms with E-state index in [1.165, 1.54) is 16.3 Å². The number of aromatic nitrogens is 3. The number of hydrogen-bond acceptors (Lipinski definition) is 3. The number of fused-ring (bicyclic) bond motifs is 3. The fourth-order valence-corrected chi connectivity index (χ4v) is 4.58. The lowest BCUT2D eigenvalue weighted by atomic mass is 10.0. The van der Waals surface area contributed by atoms with Gasteiger partial charge in [0.1, 0.15) is 11.6 Å². The first kappa shape index (κ1) is 21.1. The van der Waals surface area contributed by atoms with Crippen molar-refractivity contribution in [3.63, 3.8) is 0 Å². The molecule has 3 aromatic heterocycles. The van der Waals surface area contributed by atoms with Gasteiger partial charge in [-0.3, -0.25) is 4.57 Å². The zero-order valence-electron chi connectivity index (χ0n) is 19.7. The normalized spacial score (nSPS) is 11.4. The fourth-order valence-electron chi connectivity index (χ4n) is 4.58. The lowest BCUT2D eigenvalue weighted by Crippen LogP contribution is -1.99. The molecule has 4 nitrogen and oxygen atoms in total. The second-order valence-corrected chi connectivity index (χ2v) is 8.98. The number of ether oxygens (including phenoxy) is 1. The predicted octanol–water partition coefficient (Wildman–Crippen LogP) is 8.16. The second-order valence-electron chi connectivity index (χ2n) is 8.98. The molecule has 0 aliphatic rings.